The Labute approximate surface area is 188 Å². The van der Waals surface area contributed by atoms with Gasteiger partial charge < -0.3 is 14.2 Å². The lowest BCUT2D eigenvalue weighted by atomic mass is 10.2. The van der Waals surface area contributed by atoms with Crippen molar-refractivity contribution >= 4 is 32.5 Å². The van der Waals surface area contributed by atoms with E-state index in [1.165, 1.54) is 19.2 Å². The Hall–Kier alpha value is -3.30. The number of aromatic nitrogens is 2. The average Bonchev–Trinajstić information content (AvgIpc) is 3.17. The van der Waals surface area contributed by atoms with Gasteiger partial charge in [-0.25, -0.2) is 4.39 Å². The van der Waals surface area contributed by atoms with Crippen molar-refractivity contribution in [2.75, 3.05) is 20.3 Å². The molecule has 32 heavy (non-hydrogen) atoms. The van der Waals surface area contributed by atoms with Crippen molar-refractivity contribution in [2.45, 2.75) is 4.90 Å². The SMILES string of the molecule is COc1ccc2c(c1)c(OCCOc1ccc(Cl)cc1)nn2S(=O)(=O)c1ccc(F)cc1. The van der Waals surface area contributed by atoms with Crippen LogP contribution in [0.4, 0.5) is 4.39 Å². The van der Waals surface area contributed by atoms with Crippen molar-refractivity contribution in [1.82, 2.24) is 9.19 Å². The van der Waals surface area contributed by atoms with Gasteiger partial charge in [0, 0.05) is 5.02 Å². The van der Waals surface area contributed by atoms with Gasteiger partial charge in [0.15, 0.2) is 0 Å². The van der Waals surface area contributed by atoms with Crippen molar-refractivity contribution in [3.63, 3.8) is 0 Å². The maximum atomic E-state index is 13.3. The molecular formula is C22H18ClFN2O5S. The molecule has 1 heterocycles. The average molecular weight is 477 g/mol. The monoisotopic (exact) mass is 476 g/mol. The molecule has 0 fully saturated rings. The summed E-state index contributed by atoms with van der Waals surface area (Å²) in [6, 6.07) is 16.2. The first kappa shape index (κ1) is 21.9. The summed E-state index contributed by atoms with van der Waals surface area (Å²) in [7, 11) is -2.58. The van der Waals surface area contributed by atoms with Crippen LogP contribution in [0.1, 0.15) is 0 Å². The summed E-state index contributed by atoms with van der Waals surface area (Å²) in [4.78, 5) is -0.100. The second-order valence-electron chi connectivity index (χ2n) is 6.64. The van der Waals surface area contributed by atoms with Crippen molar-refractivity contribution in [2.24, 2.45) is 0 Å². The van der Waals surface area contributed by atoms with Gasteiger partial charge in [-0.15, -0.1) is 9.19 Å². The summed E-state index contributed by atoms with van der Waals surface area (Å²) in [5.74, 6) is 0.695. The highest BCUT2D eigenvalue weighted by molar-refractivity contribution is 7.90. The second-order valence-corrected chi connectivity index (χ2v) is 8.84. The predicted molar refractivity (Wildman–Crippen MR) is 118 cm³/mol. The number of rotatable bonds is 8. The molecule has 0 saturated heterocycles. The van der Waals surface area contributed by atoms with Crippen LogP contribution < -0.4 is 14.2 Å². The third-order valence-corrected chi connectivity index (χ3v) is 6.42. The van der Waals surface area contributed by atoms with Crippen molar-refractivity contribution in [1.29, 1.82) is 0 Å². The Balaban J connectivity index is 1.62. The Morgan fingerprint density at radius 3 is 2.28 bits per heavy atom. The third-order valence-electron chi connectivity index (χ3n) is 4.57. The number of hydrogen-bond donors (Lipinski definition) is 0. The molecule has 3 aromatic carbocycles. The minimum atomic E-state index is -4.08. The fraction of sp³-hybridized carbons (Fsp3) is 0.136. The molecule has 0 unspecified atom stereocenters. The van der Waals surface area contributed by atoms with E-state index in [-0.39, 0.29) is 24.0 Å². The van der Waals surface area contributed by atoms with Crippen molar-refractivity contribution in [3.8, 4) is 17.4 Å². The molecule has 7 nitrogen and oxygen atoms in total. The first-order chi connectivity index (χ1) is 15.4. The lowest BCUT2D eigenvalue weighted by Crippen LogP contribution is -2.15. The van der Waals surface area contributed by atoms with Crippen molar-refractivity contribution in [3.05, 3.63) is 77.6 Å². The fourth-order valence-electron chi connectivity index (χ4n) is 3.00. The Bertz CT molecular complexity index is 1340. The van der Waals surface area contributed by atoms with Gasteiger partial charge in [0.1, 0.15) is 30.5 Å². The zero-order valence-corrected chi connectivity index (χ0v) is 18.4. The fourth-order valence-corrected chi connectivity index (χ4v) is 4.40. The van der Waals surface area contributed by atoms with Crippen LogP contribution in [-0.2, 0) is 10.0 Å². The topological polar surface area (TPSA) is 79.7 Å². The molecule has 0 bridgehead atoms. The van der Waals surface area contributed by atoms with E-state index < -0.39 is 15.8 Å². The van der Waals surface area contributed by atoms with Crippen LogP contribution in [0, 0.1) is 5.82 Å². The molecule has 1 aromatic heterocycles. The number of halogens is 2. The normalized spacial score (nSPS) is 11.5. The molecule has 0 aliphatic carbocycles. The first-order valence-electron chi connectivity index (χ1n) is 9.47. The van der Waals surface area contributed by atoms with E-state index in [1.807, 2.05) is 0 Å². The highest BCUT2D eigenvalue weighted by Gasteiger charge is 2.24. The summed E-state index contributed by atoms with van der Waals surface area (Å²) in [6.07, 6.45) is 0. The summed E-state index contributed by atoms with van der Waals surface area (Å²) in [6.45, 7) is 0.313. The van der Waals surface area contributed by atoms with Crippen LogP contribution >= 0.6 is 11.6 Å². The molecular weight excluding hydrogens is 459 g/mol. The molecule has 0 amide bonds. The van der Waals surface area contributed by atoms with Gasteiger partial charge >= 0.3 is 0 Å². The van der Waals surface area contributed by atoms with Gasteiger partial charge in [-0.2, -0.15) is 8.42 Å². The number of methoxy groups -OCH3 is 1. The molecule has 0 radical (unpaired) electrons. The minimum Gasteiger partial charge on any atom is -0.497 e. The minimum absolute atomic E-state index is 0.100. The maximum absolute atomic E-state index is 13.3. The smallest absolute Gasteiger partial charge is 0.283 e. The number of fused-ring (bicyclic) bond motifs is 1. The second kappa shape index (κ2) is 9.05. The van der Waals surface area contributed by atoms with E-state index in [0.717, 1.165) is 16.2 Å². The van der Waals surface area contributed by atoms with Gasteiger partial charge in [-0.1, -0.05) is 11.6 Å². The molecule has 0 saturated carbocycles. The Morgan fingerprint density at radius 2 is 1.59 bits per heavy atom. The van der Waals surface area contributed by atoms with Crippen molar-refractivity contribution < 1.29 is 27.0 Å². The highest BCUT2D eigenvalue weighted by atomic mass is 35.5. The lowest BCUT2D eigenvalue weighted by molar-refractivity contribution is 0.213. The standard InChI is InChI=1S/C22H18ClFN2O5S/c1-29-18-8-11-21-20(14-18)22(31-13-12-30-17-6-2-15(23)3-7-17)25-26(21)32(27,28)19-9-4-16(24)5-10-19/h2-11,14H,12-13H2,1H3. The summed E-state index contributed by atoms with van der Waals surface area (Å²) < 4.78 is 57.0. The Morgan fingerprint density at radius 1 is 0.938 bits per heavy atom. The van der Waals surface area contributed by atoms with Crippen LogP contribution in [0.3, 0.4) is 0 Å². The molecule has 0 N–H and O–H groups in total. The zero-order valence-electron chi connectivity index (χ0n) is 16.9. The lowest BCUT2D eigenvalue weighted by Gasteiger charge is -2.07. The van der Waals surface area contributed by atoms with Gasteiger partial charge in [-0.3, -0.25) is 0 Å². The largest absolute Gasteiger partial charge is 0.497 e. The molecule has 0 atom stereocenters. The van der Waals surface area contributed by atoms with E-state index >= 15 is 0 Å². The Kier molecular flexibility index (Phi) is 6.20. The molecule has 4 rings (SSSR count). The third kappa shape index (κ3) is 4.49. The number of hydrogen-bond acceptors (Lipinski definition) is 6. The maximum Gasteiger partial charge on any atom is 0.283 e. The molecule has 0 aliphatic rings. The predicted octanol–water partition coefficient (Wildman–Crippen LogP) is 4.53. The van der Waals surface area contributed by atoms with Crippen LogP contribution in [0.5, 0.6) is 17.4 Å². The summed E-state index contributed by atoms with van der Waals surface area (Å²) in [5, 5.41) is 5.22. The van der Waals surface area contributed by atoms with E-state index in [4.69, 9.17) is 25.8 Å². The molecule has 0 aliphatic heterocycles. The van der Waals surface area contributed by atoms with E-state index in [1.54, 1.807) is 42.5 Å². The number of ether oxygens (including phenoxy) is 3. The highest BCUT2D eigenvalue weighted by Crippen LogP contribution is 2.31. The number of nitrogens with zero attached hydrogens (tertiary/aromatic N) is 2. The van der Waals surface area contributed by atoms with Gasteiger partial charge in [0.05, 0.1) is 22.9 Å². The van der Waals surface area contributed by atoms with Gasteiger partial charge in [0.25, 0.3) is 10.0 Å². The quantitative estimate of drug-likeness (QED) is 0.347. The van der Waals surface area contributed by atoms with Crippen LogP contribution in [-0.4, -0.2) is 37.9 Å². The zero-order chi connectivity index (χ0) is 22.7. The van der Waals surface area contributed by atoms with Gasteiger partial charge in [0.2, 0.25) is 5.88 Å². The van der Waals surface area contributed by atoms with E-state index in [2.05, 4.69) is 5.10 Å². The van der Waals surface area contributed by atoms with Crippen LogP contribution in [0.15, 0.2) is 71.6 Å². The van der Waals surface area contributed by atoms with Crippen LogP contribution in [0.2, 0.25) is 5.02 Å². The molecule has 10 heteroatoms. The van der Waals surface area contributed by atoms with Crippen LogP contribution in [0.25, 0.3) is 10.9 Å². The molecule has 166 valence electrons. The van der Waals surface area contributed by atoms with E-state index in [0.29, 0.717) is 27.4 Å². The molecule has 0 spiro atoms. The summed E-state index contributed by atoms with van der Waals surface area (Å²) in [5.41, 5.74) is 0.295. The van der Waals surface area contributed by atoms with E-state index in [9.17, 15) is 12.8 Å². The summed E-state index contributed by atoms with van der Waals surface area (Å²) >= 11 is 5.86. The molecule has 4 aromatic rings. The first-order valence-corrected chi connectivity index (χ1v) is 11.3. The van der Waals surface area contributed by atoms with Gasteiger partial charge in [-0.05, 0) is 66.7 Å². The number of benzene rings is 3.